The largest absolute Gasteiger partial charge is 0.497 e. The quantitative estimate of drug-likeness (QED) is 0.375. The van der Waals surface area contributed by atoms with Gasteiger partial charge in [0.25, 0.3) is 5.56 Å². The van der Waals surface area contributed by atoms with Crippen LogP contribution in [0.15, 0.2) is 64.3 Å². The normalized spacial score (nSPS) is 11.3. The van der Waals surface area contributed by atoms with E-state index in [0.717, 1.165) is 15.8 Å². The summed E-state index contributed by atoms with van der Waals surface area (Å²) < 4.78 is 16.8. The van der Waals surface area contributed by atoms with Crippen molar-refractivity contribution >= 4 is 22.7 Å². The smallest absolute Gasteiger partial charge is 0.332 e. The minimum Gasteiger partial charge on any atom is -0.497 e. The Labute approximate surface area is 199 Å². The average Bonchev–Trinajstić information content (AvgIpc) is 3.41. The zero-order chi connectivity index (χ0) is 24.9. The van der Waals surface area contributed by atoms with Gasteiger partial charge in [-0.05, 0) is 19.1 Å². The van der Waals surface area contributed by atoms with Crippen LogP contribution in [-0.4, -0.2) is 43.1 Å². The molecule has 0 radical (unpaired) electrons. The van der Waals surface area contributed by atoms with Gasteiger partial charge in [-0.2, -0.15) is 4.98 Å². The van der Waals surface area contributed by atoms with E-state index in [0.29, 0.717) is 23.0 Å². The third kappa shape index (κ3) is 3.41. The molecule has 0 saturated heterocycles. The molecule has 0 bridgehead atoms. The zero-order valence-electron chi connectivity index (χ0n) is 19.7. The number of hydrogen-bond acceptors (Lipinski definition) is 6. The van der Waals surface area contributed by atoms with E-state index in [4.69, 9.17) is 14.5 Å². The Hall–Kier alpha value is -4.60. The molecule has 3 aromatic heterocycles. The minimum absolute atomic E-state index is 0.196. The SMILES string of the molecule is COc1ccc(OC)c(-n2c(-c3ccccc3)cn3c4c(=O)n(CC(C)=O)c(=O)n(C)c4nc23)c1. The van der Waals surface area contributed by atoms with Crippen molar-refractivity contribution in [2.45, 2.75) is 13.5 Å². The van der Waals surface area contributed by atoms with Crippen LogP contribution in [0.1, 0.15) is 6.92 Å². The molecule has 0 atom stereocenters. The number of Topliss-reactive ketones (excluding diaryl/α,β-unsaturated/α-hetero) is 1. The monoisotopic (exact) mass is 473 g/mol. The van der Waals surface area contributed by atoms with Gasteiger partial charge in [0, 0.05) is 24.9 Å². The molecule has 5 aromatic rings. The van der Waals surface area contributed by atoms with Gasteiger partial charge < -0.3 is 9.47 Å². The molecule has 10 heteroatoms. The summed E-state index contributed by atoms with van der Waals surface area (Å²) in [5.41, 5.74) is 1.49. The summed E-state index contributed by atoms with van der Waals surface area (Å²) in [6.07, 6.45) is 1.79. The first-order valence-electron chi connectivity index (χ1n) is 10.9. The highest BCUT2D eigenvalue weighted by molar-refractivity contribution is 5.81. The fourth-order valence-electron chi connectivity index (χ4n) is 4.28. The second-order valence-corrected chi connectivity index (χ2v) is 8.14. The number of methoxy groups -OCH3 is 2. The lowest BCUT2D eigenvalue weighted by molar-refractivity contribution is -0.117. The maximum atomic E-state index is 13.4. The van der Waals surface area contributed by atoms with Crippen LogP contribution in [0, 0.1) is 0 Å². The highest BCUT2D eigenvalue weighted by Crippen LogP contribution is 2.35. The van der Waals surface area contributed by atoms with Gasteiger partial charge in [0.1, 0.15) is 17.3 Å². The first-order valence-corrected chi connectivity index (χ1v) is 10.9. The van der Waals surface area contributed by atoms with Gasteiger partial charge in [-0.3, -0.25) is 27.7 Å². The lowest BCUT2D eigenvalue weighted by Crippen LogP contribution is -2.40. The molecule has 0 aliphatic carbocycles. The van der Waals surface area contributed by atoms with Crippen LogP contribution in [0.2, 0.25) is 0 Å². The summed E-state index contributed by atoms with van der Waals surface area (Å²) in [5.74, 6) is 1.28. The van der Waals surface area contributed by atoms with Crippen LogP contribution in [0.3, 0.4) is 0 Å². The molecule has 178 valence electrons. The highest BCUT2D eigenvalue weighted by Gasteiger charge is 2.24. The van der Waals surface area contributed by atoms with Crippen LogP contribution < -0.4 is 20.7 Å². The van der Waals surface area contributed by atoms with Crippen molar-refractivity contribution in [3.05, 3.63) is 75.6 Å². The second-order valence-electron chi connectivity index (χ2n) is 8.14. The van der Waals surface area contributed by atoms with Gasteiger partial charge in [-0.25, -0.2) is 4.79 Å². The van der Waals surface area contributed by atoms with Crippen molar-refractivity contribution in [3.63, 3.8) is 0 Å². The lowest BCUT2D eigenvalue weighted by Gasteiger charge is -2.14. The standard InChI is InChI=1S/C25H23N5O5/c1-15(31)13-29-23(32)21-22(27(2)25(29)33)26-24-28(21)14-19(16-8-6-5-7-9-16)30(24)18-12-17(34-3)10-11-20(18)35-4/h5-12,14H,13H2,1-4H3. The van der Waals surface area contributed by atoms with Crippen molar-refractivity contribution in [2.75, 3.05) is 14.2 Å². The molecule has 0 fully saturated rings. The molecular weight excluding hydrogens is 450 g/mol. The van der Waals surface area contributed by atoms with E-state index in [1.54, 1.807) is 36.9 Å². The molecule has 0 unspecified atom stereocenters. The predicted molar refractivity (Wildman–Crippen MR) is 131 cm³/mol. The topological polar surface area (TPSA) is 102 Å². The number of carbonyl (C=O) groups is 1. The first kappa shape index (κ1) is 22.2. The number of imidazole rings is 2. The molecule has 0 N–H and O–H groups in total. The number of carbonyl (C=O) groups excluding carboxylic acids is 1. The molecule has 0 aliphatic heterocycles. The molecular formula is C25H23N5O5. The van der Waals surface area contributed by atoms with E-state index >= 15 is 0 Å². The molecule has 0 saturated carbocycles. The number of nitrogens with zero attached hydrogens (tertiary/aromatic N) is 5. The third-order valence-corrected chi connectivity index (χ3v) is 5.93. The van der Waals surface area contributed by atoms with Crippen LogP contribution in [0.5, 0.6) is 11.5 Å². The molecule has 5 rings (SSSR count). The molecule has 0 amide bonds. The summed E-state index contributed by atoms with van der Waals surface area (Å²) in [5, 5.41) is 0. The number of hydrogen-bond donors (Lipinski definition) is 0. The summed E-state index contributed by atoms with van der Waals surface area (Å²) in [4.78, 5) is 42.7. The number of benzene rings is 2. The van der Waals surface area contributed by atoms with Gasteiger partial charge >= 0.3 is 5.69 Å². The lowest BCUT2D eigenvalue weighted by atomic mass is 10.1. The van der Waals surface area contributed by atoms with E-state index in [-0.39, 0.29) is 23.5 Å². The Balaban J connectivity index is 1.96. The van der Waals surface area contributed by atoms with E-state index in [1.807, 2.05) is 41.0 Å². The maximum Gasteiger partial charge on any atom is 0.332 e. The molecule has 10 nitrogen and oxygen atoms in total. The number of ether oxygens (including phenoxy) is 2. The van der Waals surface area contributed by atoms with Crippen LogP contribution >= 0.6 is 0 Å². The highest BCUT2D eigenvalue weighted by atomic mass is 16.5. The number of rotatable bonds is 6. The number of ketones is 1. The fourth-order valence-corrected chi connectivity index (χ4v) is 4.28. The van der Waals surface area contributed by atoms with Crippen molar-refractivity contribution in [3.8, 4) is 28.4 Å². The Morgan fingerprint density at radius 3 is 2.43 bits per heavy atom. The van der Waals surface area contributed by atoms with E-state index in [2.05, 4.69) is 0 Å². The molecule has 0 spiro atoms. The van der Waals surface area contributed by atoms with E-state index < -0.39 is 11.2 Å². The zero-order valence-corrected chi connectivity index (χ0v) is 19.7. The number of aryl methyl sites for hydroxylation is 1. The van der Waals surface area contributed by atoms with Crippen LogP contribution in [-0.2, 0) is 18.4 Å². The van der Waals surface area contributed by atoms with Crippen LogP contribution in [0.25, 0.3) is 33.9 Å². The Kier molecular flexibility index (Phi) is 5.28. The Morgan fingerprint density at radius 1 is 1.03 bits per heavy atom. The minimum atomic E-state index is -0.604. The molecule has 3 heterocycles. The fraction of sp³-hybridized carbons (Fsp3) is 0.200. The molecule has 35 heavy (non-hydrogen) atoms. The summed E-state index contributed by atoms with van der Waals surface area (Å²) in [6, 6.07) is 15.0. The van der Waals surface area contributed by atoms with Gasteiger partial charge in [-0.15, -0.1) is 0 Å². The predicted octanol–water partition coefficient (Wildman–Crippen LogP) is 2.41. The number of aromatic nitrogens is 5. The molecule has 2 aromatic carbocycles. The van der Waals surface area contributed by atoms with Gasteiger partial charge in [0.15, 0.2) is 11.2 Å². The van der Waals surface area contributed by atoms with E-state index in [9.17, 15) is 14.4 Å². The summed E-state index contributed by atoms with van der Waals surface area (Å²) in [7, 11) is 4.67. The van der Waals surface area contributed by atoms with Gasteiger partial charge in [-0.1, -0.05) is 30.3 Å². The third-order valence-electron chi connectivity index (χ3n) is 5.93. The molecule has 0 aliphatic rings. The van der Waals surface area contributed by atoms with Crippen molar-refractivity contribution in [1.29, 1.82) is 0 Å². The maximum absolute atomic E-state index is 13.4. The summed E-state index contributed by atoms with van der Waals surface area (Å²) in [6.45, 7) is 1.02. The van der Waals surface area contributed by atoms with Gasteiger partial charge in [0.05, 0.1) is 32.1 Å². The van der Waals surface area contributed by atoms with Crippen molar-refractivity contribution in [1.82, 2.24) is 23.1 Å². The van der Waals surface area contributed by atoms with Crippen molar-refractivity contribution in [2.24, 2.45) is 7.05 Å². The first-order chi connectivity index (χ1) is 16.8. The van der Waals surface area contributed by atoms with Crippen molar-refractivity contribution < 1.29 is 14.3 Å². The number of fused-ring (bicyclic) bond motifs is 3. The van der Waals surface area contributed by atoms with E-state index in [1.165, 1.54) is 18.5 Å². The Morgan fingerprint density at radius 2 is 1.77 bits per heavy atom. The average molecular weight is 473 g/mol. The van der Waals surface area contributed by atoms with Gasteiger partial charge in [0.2, 0.25) is 5.78 Å². The summed E-state index contributed by atoms with van der Waals surface area (Å²) >= 11 is 0. The Bertz CT molecular complexity index is 1720. The van der Waals surface area contributed by atoms with Crippen LogP contribution in [0.4, 0.5) is 0 Å². The second kappa shape index (κ2) is 8.32.